The van der Waals surface area contributed by atoms with Crippen LogP contribution in [-0.2, 0) is 4.57 Å². The van der Waals surface area contributed by atoms with Crippen molar-refractivity contribution in [2.24, 2.45) is 0 Å². The summed E-state index contributed by atoms with van der Waals surface area (Å²) in [4.78, 5) is 0. The molecule has 0 fully saturated rings. The molecule has 0 amide bonds. The fourth-order valence-electron chi connectivity index (χ4n) is 1.67. The first kappa shape index (κ1) is 10.2. The third kappa shape index (κ3) is 1.49. The lowest BCUT2D eigenvalue weighted by molar-refractivity contribution is 0.539. The van der Waals surface area contributed by atoms with Crippen LogP contribution in [0.3, 0.4) is 0 Å². The molecule has 17 heavy (non-hydrogen) atoms. The van der Waals surface area contributed by atoms with E-state index in [2.05, 4.69) is 0 Å². The number of furan rings is 3. The molecule has 0 aliphatic heterocycles. The molecule has 0 radical (unpaired) electrons. The van der Waals surface area contributed by atoms with Crippen LogP contribution in [0, 0.1) is 0 Å². The van der Waals surface area contributed by atoms with Gasteiger partial charge in [0.05, 0.1) is 18.8 Å². The molecule has 3 rings (SSSR count). The zero-order valence-electron chi connectivity index (χ0n) is 8.78. The van der Waals surface area contributed by atoms with Crippen LogP contribution in [0.1, 0.15) is 0 Å². The van der Waals surface area contributed by atoms with Crippen molar-refractivity contribution >= 4 is 23.6 Å². The molecule has 0 atom stereocenters. The van der Waals surface area contributed by atoms with Gasteiger partial charge in [-0.25, -0.2) is 0 Å². The molecule has 3 aromatic heterocycles. The van der Waals surface area contributed by atoms with Crippen LogP contribution in [0.15, 0.2) is 68.4 Å². The average Bonchev–Trinajstić information content (AvgIpc) is 3.10. The van der Waals surface area contributed by atoms with Gasteiger partial charge in [-0.15, -0.1) is 0 Å². The van der Waals surface area contributed by atoms with Crippen LogP contribution in [0.2, 0.25) is 0 Å². The Morgan fingerprint density at radius 2 is 1.06 bits per heavy atom. The lowest BCUT2D eigenvalue weighted by atomic mass is 10.7. The van der Waals surface area contributed by atoms with Gasteiger partial charge in [-0.1, -0.05) is 0 Å². The summed E-state index contributed by atoms with van der Waals surface area (Å²) in [5, 5.41) is 0. The van der Waals surface area contributed by atoms with Crippen LogP contribution < -0.4 is 16.5 Å². The highest BCUT2D eigenvalue weighted by atomic mass is 31.2. The highest BCUT2D eigenvalue weighted by molar-refractivity contribution is 7.84. The zero-order valence-corrected chi connectivity index (χ0v) is 9.67. The monoisotopic (exact) mass is 248 g/mol. The van der Waals surface area contributed by atoms with E-state index in [9.17, 15) is 4.57 Å². The van der Waals surface area contributed by atoms with Gasteiger partial charge >= 0.3 is 0 Å². The normalized spacial score (nSPS) is 11.8. The Hall–Kier alpha value is -1.93. The van der Waals surface area contributed by atoms with Crippen LogP contribution in [-0.4, -0.2) is 0 Å². The quantitative estimate of drug-likeness (QED) is 0.666. The van der Waals surface area contributed by atoms with Gasteiger partial charge < -0.3 is 13.3 Å². The second-order valence-electron chi connectivity index (χ2n) is 3.46. The van der Waals surface area contributed by atoms with E-state index in [1.807, 2.05) is 0 Å². The smallest absolute Gasteiger partial charge is 0.271 e. The van der Waals surface area contributed by atoms with Gasteiger partial charge in [0.1, 0.15) is 0 Å². The topological polar surface area (TPSA) is 56.5 Å². The third-order valence-electron chi connectivity index (χ3n) is 2.45. The minimum atomic E-state index is -3.13. The molecule has 3 heterocycles. The van der Waals surface area contributed by atoms with E-state index in [-0.39, 0.29) is 0 Å². The predicted molar refractivity (Wildman–Crippen MR) is 62.6 cm³/mol. The van der Waals surface area contributed by atoms with E-state index in [1.54, 1.807) is 36.4 Å². The zero-order chi connectivity index (χ0) is 11.7. The van der Waals surface area contributed by atoms with Gasteiger partial charge in [0.25, 0.3) is 7.14 Å². The van der Waals surface area contributed by atoms with E-state index in [1.165, 1.54) is 18.8 Å². The van der Waals surface area contributed by atoms with Crippen molar-refractivity contribution in [1.82, 2.24) is 0 Å². The predicted octanol–water partition coefficient (Wildman–Crippen LogP) is 2.10. The molecule has 0 saturated heterocycles. The molecule has 0 spiro atoms. The Labute approximate surface area is 97.2 Å². The summed E-state index contributed by atoms with van der Waals surface area (Å²) >= 11 is 0. The van der Waals surface area contributed by atoms with Gasteiger partial charge in [0.2, 0.25) is 0 Å². The van der Waals surface area contributed by atoms with Crippen molar-refractivity contribution in [3.8, 4) is 0 Å². The van der Waals surface area contributed by atoms with Crippen LogP contribution in [0.25, 0.3) is 0 Å². The molecule has 0 aromatic carbocycles. The number of rotatable bonds is 3. The van der Waals surface area contributed by atoms with Crippen molar-refractivity contribution in [3.05, 3.63) is 55.2 Å². The van der Waals surface area contributed by atoms with Crippen LogP contribution >= 0.6 is 7.14 Å². The second kappa shape index (κ2) is 3.82. The van der Waals surface area contributed by atoms with Crippen molar-refractivity contribution in [2.45, 2.75) is 0 Å². The molecule has 3 aromatic rings. The molecule has 86 valence electrons. The summed E-state index contributed by atoms with van der Waals surface area (Å²) in [7, 11) is -3.13. The Morgan fingerprint density at radius 3 is 1.29 bits per heavy atom. The minimum absolute atomic E-state index is 0.349. The maximum atomic E-state index is 13.1. The average molecular weight is 248 g/mol. The Balaban J connectivity index is 2.26. The maximum Gasteiger partial charge on any atom is 0.271 e. The number of hydrogen-bond donors (Lipinski definition) is 0. The first-order chi connectivity index (χ1) is 8.32. The van der Waals surface area contributed by atoms with E-state index < -0.39 is 7.14 Å². The lowest BCUT2D eigenvalue weighted by Crippen LogP contribution is -2.22. The van der Waals surface area contributed by atoms with E-state index in [0.29, 0.717) is 16.5 Å². The van der Waals surface area contributed by atoms with Crippen LogP contribution in [0.5, 0.6) is 0 Å². The Kier molecular flexibility index (Phi) is 2.30. The molecular weight excluding hydrogens is 239 g/mol. The molecule has 0 aliphatic carbocycles. The SMILES string of the molecule is O=P(c1ccco1)(c1ccco1)c1ccco1. The van der Waals surface area contributed by atoms with Crippen molar-refractivity contribution in [2.75, 3.05) is 0 Å². The number of hydrogen-bond acceptors (Lipinski definition) is 4. The maximum absolute atomic E-state index is 13.1. The molecule has 0 unspecified atom stereocenters. The van der Waals surface area contributed by atoms with Crippen molar-refractivity contribution < 1.29 is 17.8 Å². The molecule has 0 bridgehead atoms. The second-order valence-corrected chi connectivity index (χ2v) is 6.00. The Bertz CT molecular complexity index is 529. The lowest BCUT2D eigenvalue weighted by Gasteiger charge is -2.09. The van der Waals surface area contributed by atoms with Gasteiger partial charge in [-0.2, -0.15) is 0 Å². The summed E-state index contributed by atoms with van der Waals surface area (Å²) in [5.74, 6) is 0. The fourth-order valence-corrected chi connectivity index (χ4v) is 3.84. The van der Waals surface area contributed by atoms with Crippen molar-refractivity contribution in [1.29, 1.82) is 0 Å². The summed E-state index contributed by atoms with van der Waals surface area (Å²) in [5.41, 5.74) is 1.05. The van der Waals surface area contributed by atoms with E-state index in [0.717, 1.165) is 0 Å². The van der Waals surface area contributed by atoms with Gasteiger partial charge in [-0.05, 0) is 36.4 Å². The van der Waals surface area contributed by atoms with E-state index in [4.69, 9.17) is 13.3 Å². The molecule has 4 nitrogen and oxygen atoms in total. The van der Waals surface area contributed by atoms with Gasteiger partial charge in [0, 0.05) is 0 Å². The highest BCUT2D eigenvalue weighted by Gasteiger charge is 2.38. The molecule has 0 aliphatic rings. The fraction of sp³-hybridized carbons (Fsp3) is 0. The van der Waals surface area contributed by atoms with Gasteiger partial charge in [0.15, 0.2) is 16.5 Å². The first-order valence-electron chi connectivity index (χ1n) is 5.04. The summed E-state index contributed by atoms with van der Waals surface area (Å²) in [6.07, 6.45) is 4.44. The third-order valence-corrected chi connectivity index (χ3v) is 5.08. The van der Waals surface area contributed by atoms with E-state index >= 15 is 0 Å². The molecule has 5 heteroatoms. The van der Waals surface area contributed by atoms with Gasteiger partial charge in [-0.3, -0.25) is 4.57 Å². The first-order valence-corrected chi connectivity index (χ1v) is 6.75. The summed E-state index contributed by atoms with van der Waals surface area (Å²) < 4.78 is 28.9. The van der Waals surface area contributed by atoms with Crippen LogP contribution in [0.4, 0.5) is 0 Å². The minimum Gasteiger partial charge on any atom is -0.460 e. The molecule has 0 saturated carbocycles. The molecule has 0 N–H and O–H groups in total. The van der Waals surface area contributed by atoms with Crippen molar-refractivity contribution in [3.63, 3.8) is 0 Å². The standard InChI is InChI=1S/C12H9O4P/c13-17(10-4-1-7-14-10,11-5-2-8-15-11)12-6-3-9-16-12/h1-9H. The summed E-state index contributed by atoms with van der Waals surface area (Å²) in [6.45, 7) is 0. The Morgan fingerprint density at radius 1 is 0.706 bits per heavy atom. The summed E-state index contributed by atoms with van der Waals surface area (Å²) in [6, 6.07) is 10.0. The largest absolute Gasteiger partial charge is 0.460 e. The highest BCUT2D eigenvalue weighted by Crippen LogP contribution is 2.42. The molecular formula is C12H9O4P.